The van der Waals surface area contributed by atoms with Crippen LogP contribution >= 0.6 is 0 Å². The van der Waals surface area contributed by atoms with Gasteiger partial charge in [-0.15, -0.1) is 10.2 Å². The number of halogens is 2. The van der Waals surface area contributed by atoms with Gasteiger partial charge in [0.1, 0.15) is 5.82 Å². The Balaban J connectivity index is 1.51. The van der Waals surface area contributed by atoms with Crippen molar-refractivity contribution >= 4 is 0 Å². The molecular formula is C26H31F2N7. The summed E-state index contributed by atoms with van der Waals surface area (Å²) in [6.45, 7) is 8.18. The third-order valence-electron chi connectivity index (χ3n) is 5.82. The summed E-state index contributed by atoms with van der Waals surface area (Å²) < 4.78 is 31.0. The number of hydrogen-bond acceptors (Lipinski definition) is 5. The molecular weight excluding hydrogens is 448 g/mol. The highest BCUT2D eigenvalue weighted by molar-refractivity contribution is 5.55. The van der Waals surface area contributed by atoms with Crippen molar-refractivity contribution in [3.63, 3.8) is 0 Å². The van der Waals surface area contributed by atoms with Crippen molar-refractivity contribution in [1.29, 1.82) is 0 Å². The lowest BCUT2D eigenvalue weighted by atomic mass is 9.95. The second-order valence-corrected chi connectivity index (χ2v) is 9.92. The van der Waals surface area contributed by atoms with Gasteiger partial charge in [0.25, 0.3) is 0 Å². The number of nitrogens with zero attached hydrogens (tertiary/aromatic N) is 6. The van der Waals surface area contributed by atoms with Crippen molar-refractivity contribution in [2.45, 2.75) is 71.3 Å². The first-order valence-corrected chi connectivity index (χ1v) is 11.9. The smallest absolute Gasteiger partial charge is 0.245 e. The van der Waals surface area contributed by atoms with E-state index in [9.17, 15) is 8.78 Å². The predicted molar refractivity (Wildman–Crippen MR) is 130 cm³/mol. The van der Waals surface area contributed by atoms with Crippen LogP contribution in [-0.4, -0.2) is 35.4 Å². The zero-order valence-corrected chi connectivity index (χ0v) is 20.6. The Labute approximate surface area is 204 Å². The molecule has 0 bridgehead atoms. The monoisotopic (exact) mass is 479 g/mol. The van der Waals surface area contributed by atoms with Gasteiger partial charge in [0.2, 0.25) is 5.82 Å². The van der Waals surface area contributed by atoms with Crippen LogP contribution in [0.25, 0.3) is 11.4 Å². The van der Waals surface area contributed by atoms with Crippen molar-refractivity contribution in [2.24, 2.45) is 0 Å². The summed E-state index contributed by atoms with van der Waals surface area (Å²) in [5.74, 6) is -2.22. The summed E-state index contributed by atoms with van der Waals surface area (Å²) in [5, 5.41) is 18.3. The van der Waals surface area contributed by atoms with Gasteiger partial charge in [-0.3, -0.25) is 0 Å². The third kappa shape index (κ3) is 5.96. The lowest BCUT2D eigenvalue weighted by Crippen LogP contribution is -2.20. The first kappa shape index (κ1) is 24.6. The molecule has 2 aromatic heterocycles. The Kier molecular flexibility index (Phi) is 7.05. The lowest BCUT2D eigenvalue weighted by molar-refractivity contribution is -0.0246. The minimum absolute atomic E-state index is 0.236. The Bertz CT molecular complexity index is 1240. The Morgan fingerprint density at radius 2 is 1.71 bits per heavy atom. The number of H-pyrrole nitrogens is 1. The maximum absolute atomic E-state index is 14.7. The quantitative estimate of drug-likeness (QED) is 0.334. The van der Waals surface area contributed by atoms with Crippen LogP contribution in [0, 0.1) is 0 Å². The molecule has 4 aromatic rings. The lowest BCUT2D eigenvalue weighted by Gasteiger charge is -2.18. The molecule has 7 nitrogen and oxygen atoms in total. The summed E-state index contributed by atoms with van der Waals surface area (Å²) in [6, 6.07) is 16.2. The van der Waals surface area contributed by atoms with E-state index in [1.54, 1.807) is 4.68 Å². The summed E-state index contributed by atoms with van der Waals surface area (Å²) in [5.41, 5.74) is 3.78. The number of alkyl halides is 2. The van der Waals surface area contributed by atoms with Crippen LogP contribution in [0.15, 0.2) is 48.5 Å². The van der Waals surface area contributed by atoms with Crippen molar-refractivity contribution in [3.05, 3.63) is 76.9 Å². The Morgan fingerprint density at radius 3 is 2.37 bits per heavy atom. The number of tetrazole rings is 1. The standard InChI is InChI=1S/C26H31F2N7/c1-5-6-14-26(27,28)23-29-24(25(2,3)4)35(32-23)17-19-12-10-18(11-13-19)15-20-8-7-9-21(16-20)22-30-33-34-31-22/h7-13,16H,5-6,14-15,17H2,1-4H3,(H,30,31,33,34). The fourth-order valence-corrected chi connectivity index (χ4v) is 3.95. The van der Waals surface area contributed by atoms with E-state index in [0.29, 0.717) is 31.0 Å². The van der Waals surface area contributed by atoms with Crippen molar-refractivity contribution in [2.75, 3.05) is 0 Å². The molecule has 2 aromatic carbocycles. The van der Waals surface area contributed by atoms with Crippen LogP contribution in [0.5, 0.6) is 0 Å². The fraction of sp³-hybridized carbons (Fsp3) is 0.423. The third-order valence-corrected chi connectivity index (χ3v) is 5.82. The van der Waals surface area contributed by atoms with Crippen LogP contribution in [0.3, 0.4) is 0 Å². The Morgan fingerprint density at radius 1 is 0.971 bits per heavy atom. The van der Waals surface area contributed by atoms with Crippen LogP contribution in [0.1, 0.15) is 75.3 Å². The molecule has 0 aliphatic heterocycles. The van der Waals surface area contributed by atoms with E-state index in [4.69, 9.17) is 0 Å². The molecule has 0 radical (unpaired) electrons. The SMILES string of the molecule is CCCCC(F)(F)c1nc(C(C)(C)C)n(Cc2ccc(Cc3cccc(-c4nnn[nH]4)c3)cc2)n1. The molecule has 184 valence electrons. The summed E-state index contributed by atoms with van der Waals surface area (Å²) in [6.07, 6.45) is 1.66. The van der Waals surface area contributed by atoms with E-state index in [2.05, 4.69) is 55.0 Å². The summed E-state index contributed by atoms with van der Waals surface area (Å²) in [7, 11) is 0. The number of hydrogen-bond donors (Lipinski definition) is 1. The summed E-state index contributed by atoms with van der Waals surface area (Å²) in [4.78, 5) is 4.29. The van der Waals surface area contributed by atoms with Crippen LogP contribution in [0.4, 0.5) is 8.78 Å². The molecule has 0 aliphatic carbocycles. The number of rotatable bonds is 9. The first-order chi connectivity index (χ1) is 16.7. The Hall–Kier alpha value is -3.49. The largest absolute Gasteiger partial charge is 0.308 e. The molecule has 0 fully saturated rings. The molecule has 1 N–H and O–H groups in total. The van der Waals surface area contributed by atoms with E-state index >= 15 is 0 Å². The number of unbranched alkanes of at least 4 members (excludes halogenated alkanes) is 1. The summed E-state index contributed by atoms with van der Waals surface area (Å²) >= 11 is 0. The van der Waals surface area contributed by atoms with E-state index < -0.39 is 11.3 Å². The minimum atomic E-state index is -3.03. The molecule has 0 saturated heterocycles. The van der Waals surface area contributed by atoms with Crippen LogP contribution < -0.4 is 0 Å². The molecule has 2 heterocycles. The van der Waals surface area contributed by atoms with Gasteiger partial charge in [0, 0.05) is 17.4 Å². The van der Waals surface area contributed by atoms with Gasteiger partial charge < -0.3 is 0 Å². The zero-order valence-electron chi connectivity index (χ0n) is 20.6. The fourth-order valence-electron chi connectivity index (χ4n) is 3.95. The molecule has 4 rings (SSSR count). The average molecular weight is 480 g/mol. The molecule has 9 heteroatoms. The van der Waals surface area contributed by atoms with Crippen molar-refractivity contribution in [3.8, 4) is 11.4 Å². The van der Waals surface area contributed by atoms with Crippen molar-refractivity contribution < 1.29 is 8.78 Å². The highest BCUT2D eigenvalue weighted by Gasteiger charge is 2.38. The van der Waals surface area contributed by atoms with Crippen LogP contribution in [0.2, 0.25) is 0 Å². The van der Waals surface area contributed by atoms with Gasteiger partial charge in [-0.2, -0.15) is 8.78 Å². The number of nitrogens with one attached hydrogen (secondary N) is 1. The number of aromatic nitrogens is 7. The molecule has 0 atom stereocenters. The highest BCUT2D eigenvalue weighted by Crippen LogP contribution is 2.33. The van der Waals surface area contributed by atoms with E-state index in [-0.39, 0.29) is 12.2 Å². The van der Waals surface area contributed by atoms with E-state index in [1.165, 1.54) is 0 Å². The average Bonchev–Trinajstić information content (AvgIpc) is 3.50. The normalized spacial score (nSPS) is 12.3. The van der Waals surface area contributed by atoms with E-state index in [1.807, 2.05) is 52.0 Å². The maximum atomic E-state index is 14.7. The number of aromatic amines is 1. The van der Waals surface area contributed by atoms with Gasteiger partial charge in [-0.05, 0) is 46.0 Å². The second-order valence-electron chi connectivity index (χ2n) is 9.92. The predicted octanol–water partition coefficient (Wildman–Crippen LogP) is 5.68. The van der Waals surface area contributed by atoms with Crippen molar-refractivity contribution in [1.82, 2.24) is 35.4 Å². The minimum Gasteiger partial charge on any atom is -0.245 e. The second kappa shape index (κ2) is 10.0. The molecule has 0 aliphatic rings. The molecule has 35 heavy (non-hydrogen) atoms. The van der Waals surface area contributed by atoms with Gasteiger partial charge in [0.05, 0.1) is 6.54 Å². The molecule has 0 amide bonds. The van der Waals surface area contributed by atoms with Gasteiger partial charge in [0.15, 0.2) is 5.82 Å². The zero-order chi connectivity index (χ0) is 25.1. The van der Waals surface area contributed by atoms with E-state index in [0.717, 1.165) is 28.7 Å². The molecule has 0 spiro atoms. The number of benzene rings is 2. The van der Waals surface area contributed by atoms with Gasteiger partial charge >= 0.3 is 5.92 Å². The highest BCUT2D eigenvalue weighted by atomic mass is 19.3. The van der Waals surface area contributed by atoms with Gasteiger partial charge in [-0.1, -0.05) is 76.6 Å². The maximum Gasteiger partial charge on any atom is 0.308 e. The molecule has 0 saturated carbocycles. The topological polar surface area (TPSA) is 85.2 Å². The van der Waals surface area contributed by atoms with Gasteiger partial charge in [-0.25, -0.2) is 14.8 Å². The first-order valence-electron chi connectivity index (χ1n) is 11.9. The van der Waals surface area contributed by atoms with Crippen LogP contribution in [-0.2, 0) is 24.3 Å². The molecule has 0 unspecified atom stereocenters.